The average molecular weight is 394 g/mol. The molecular weight excluding hydrogens is 362 g/mol. The van der Waals surface area contributed by atoms with Gasteiger partial charge < -0.3 is 19.2 Å². The van der Waals surface area contributed by atoms with E-state index < -0.39 is 32.2 Å². The first-order chi connectivity index (χ1) is 12.4. The minimum atomic E-state index is -1.88. The molecule has 7 heteroatoms. The number of ether oxygens (including phenoxy) is 2. The van der Waals surface area contributed by atoms with Gasteiger partial charge in [-0.05, 0) is 52.4 Å². The number of benzene rings is 1. The number of amides is 1. The van der Waals surface area contributed by atoms with Crippen LogP contribution in [0.3, 0.4) is 0 Å². The van der Waals surface area contributed by atoms with Gasteiger partial charge in [-0.3, -0.25) is 0 Å². The van der Waals surface area contributed by atoms with Crippen LogP contribution in [0, 0.1) is 0 Å². The zero-order chi connectivity index (χ0) is 20.2. The van der Waals surface area contributed by atoms with Crippen LogP contribution in [-0.4, -0.2) is 44.2 Å². The molecule has 2 rings (SSSR count). The van der Waals surface area contributed by atoms with Crippen molar-refractivity contribution in [2.24, 2.45) is 0 Å². The third kappa shape index (κ3) is 7.34. The fourth-order valence-corrected chi connectivity index (χ4v) is 4.00. The Morgan fingerprint density at radius 1 is 1.26 bits per heavy atom. The lowest BCUT2D eigenvalue weighted by Gasteiger charge is -2.26. The molecule has 1 amide bonds. The van der Waals surface area contributed by atoms with Gasteiger partial charge in [0.05, 0.1) is 6.04 Å². The first-order valence-electron chi connectivity index (χ1n) is 9.35. The number of cyclic esters (lactones) is 1. The molecule has 0 radical (unpaired) electrons. The predicted octanol–water partition coefficient (Wildman–Crippen LogP) is 3.66. The van der Waals surface area contributed by atoms with Gasteiger partial charge in [0.25, 0.3) is 0 Å². The van der Waals surface area contributed by atoms with Gasteiger partial charge in [0.15, 0.2) is 8.32 Å². The summed E-state index contributed by atoms with van der Waals surface area (Å²) in [5.74, 6) is -0.355. The molecule has 1 heterocycles. The Hall–Kier alpha value is -1.86. The van der Waals surface area contributed by atoms with E-state index in [9.17, 15) is 9.59 Å². The van der Waals surface area contributed by atoms with E-state index in [0.717, 1.165) is 5.56 Å². The molecule has 1 saturated heterocycles. The summed E-state index contributed by atoms with van der Waals surface area (Å²) in [6.45, 7) is 11.5. The summed E-state index contributed by atoms with van der Waals surface area (Å²) in [5, 5.41) is 2.89. The second kappa shape index (κ2) is 8.44. The zero-order valence-electron chi connectivity index (χ0n) is 17.1. The summed E-state index contributed by atoms with van der Waals surface area (Å²) >= 11 is 0. The molecule has 0 aliphatic carbocycles. The Kier molecular flexibility index (Phi) is 6.70. The van der Waals surface area contributed by atoms with Crippen molar-refractivity contribution in [3.05, 3.63) is 35.9 Å². The lowest BCUT2D eigenvalue weighted by atomic mass is 9.99. The molecule has 1 aromatic rings. The Morgan fingerprint density at radius 3 is 2.44 bits per heavy atom. The van der Waals surface area contributed by atoms with E-state index in [0.29, 0.717) is 12.8 Å². The highest BCUT2D eigenvalue weighted by Crippen LogP contribution is 2.25. The predicted molar refractivity (Wildman–Crippen MR) is 106 cm³/mol. The van der Waals surface area contributed by atoms with Crippen LogP contribution >= 0.6 is 0 Å². The van der Waals surface area contributed by atoms with E-state index in [-0.39, 0.29) is 12.0 Å². The third-order valence-electron chi connectivity index (χ3n) is 3.92. The van der Waals surface area contributed by atoms with Gasteiger partial charge in [0.2, 0.25) is 0 Å². The maximum Gasteiger partial charge on any atom is 0.408 e. The second-order valence-corrected chi connectivity index (χ2v) is 13.3. The summed E-state index contributed by atoms with van der Waals surface area (Å²) in [6, 6.07) is 9.40. The number of esters is 1. The number of carbonyl (C=O) groups excluding carboxylic acids is 2. The first-order valence-corrected chi connectivity index (χ1v) is 12.8. The van der Waals surface area contributed by atoms with E-state index in [1.165, 1.54) is 0 Å². The topological polar surface area (TPSA) is 73.9 Å². The molecular formula is C20H31NO5Si. The summed E-state index contributed by atoms with van der Waals surface area (Å²) in [7, 11) is -1.88. The summed E-state index contributed by atoms with van der Waals surface area (Å²) in [6.07, 6.45) is -0.574. The Labute approximate surface area is 162 Å². The van der Waals surface area contributed by atoms with E-state index >= 15 is 0 Å². The van der Waals surface area contributed by atoms with Gasteiger partial charge in [0.1, 0.15) is 17.8 Å². The molecule has 150 valence electrons. The fraction of sp³-hybridized carbons (Fsp3) is 0.600. The quantitative estimate of drug-likeness (QED) is 0.590. The molecule has 27 heavy (non-hydrogen) atoms. The van der Waals surface area contributed by atoms with Gasteiger partial charge in [-0.15, -0.1) is 0 Å². The summed E-state index contributed by atoms with van der Waals surface area (Å²) < 4.78 is 16.9. The van der Waals surface area contributed by atoms with Crippen molar-refractivity contribution in [2.75, 3.05) is 0 Å². The number of hydrogen-bond acceptors (Lipinski definition) is 5. The molecule has 1 N–H and O–H groups in total. The van der Waals surface area contributed by atoms with Crippen LogP contribution in [0.4, 0.5) is 4.79 Å². The largest absolute Gasteiger partial charge is 0.458 e. The van der Waals surface area contributed by atoms with Crippen LogP contribution in [-0.2, 0) is 25.1 Å². The van der Waals surface area contributed by atoms with Crippen molar-refractivity contribution >= 4 is 20.4 Å². The lowest BCUT2D eigenvalue weighted by Crippen LogP contribution is -2.46. The SMILES string of the molecule is CC(C)(C)OC(=O)N[C@H](Cc1ccccc1)[C@H]1CC(O[Si](C)(C)C)C(=O)O1. The van der Waals surface area contributed by atoms with Crippen molar-refractivity contribution in [1.82, 2.24) is 5.32 Å². The Morgan fingerprint density at radius 2 is 1.89 bits per heavy atom. The van der Waals surface area contributed by atoms with Crippen molar-refractivity contribution in [2.45, 2.75) is 77.1 Å². The molecule has 3 atom stereocenters. The van der Waals surface area contributed by atoms with Crippen LogP contribution in [0.2, 0.25) is 19.6 Å². The molecule has 0 aromatic heterocycles. The van der Waals surface area contributed by atoms with Gasteiger partial charge in [-0.2, -0.15) is 0 Å². The molecule has 1 fully saturated rings. The highest BCUT2D eigenvalue weighted by molar-refractivity contribution is 6.69. The highest BCUT2D eigenvalue weighted by atomic mass is 28.4. The molecule has 0 bridgehead atoms. The second-order valence-electron chi connectivity index (χ2n) is 8.87. The molecule has 1 unspecified atom stereocenters. The third-order valence-corrected chi connectivity index (χ3v) is 4.91. The summed E-state index contributed by atoms with van der Waals surface area (Å²) in [5.41, 5.74) is 0.446. The fourth-order valence-electron chi connectivity index (χ4n) is 2.95. The Balaban J connectivity index is 2.12. The average Bonchev–Trinajstić information content (AvgIpc) is 2.85. The number of alkyl carbamates (subject to hydrolysis) is 1. The minimum absolute atomic E-state index is 0.355. The van der Waals surface area contributed by atoms with Gasteiger partial charge in [0, 0.05) is 6.42 Å². The summed E-state index contributed by atoms with van der Waals surface area (Å²) in [4.78, 5) is 24.6. The maximum atomic E-state index is 12.3. The zero-order valence-corrected chi connectivity index (χ0v) is 18.1. The minimum Gasteiger partial charge on any atom is -0.458 e. The smallest absolute Gasteiger partial charge is 0.408 e. The van der Waals surface area contributed by atoms with Crippen LogP contribution in [0.1, 0.15) is 32.8 Å². The van der Waals surface area contributed by atoms with Gasteiger partial charge in [-0.1, -0.05) is 30.3 Å². The molecule has 1 aliphatic rings. The van der Waals surface area contributed by atoms with Crippen LogP contribution in [0.5, 0.6) is 0 Å². The van der Waals surface area contributed by atoms with Crippen molar-refractivity contribution in [3.8, 4) is 0 Å². The molecule has 0 spiro atoms. The van der Waals surface area contributed by atoms with E-state index in [1.807, 2.05) is 70.7 Å². The molecule has 0 saturated carbocycles. The number of rotatable bonds is 6. The van der Waals surface area contributed by atoms with Crippen LogP contribution in [0.25, 0.3) is 0 Å². The van der Waals surface area contributed by atoms with Crippen LogP contribution < -0.4 is 5.32 Å². The first kappa shape index (κ1) is 21.4. The molecule has 1 aromatic carbocycles. The van der Waals surface area contributed by atoms with Crippen molar-refractivity contribution in [1.29, 1.82) is 0 Å². The van der Waals surface area contributed by atoms with Crippen LogP contribution in [0.15, 0.2) is 30.3 Å². The van der Waals surface area contributed by atoms with E-state index in [2.05, 4.69) is 5.32 Å². The van der Waals surface area contributed by atoms with Crippen molar-refractivity contribution < 1.29 is 23.5 Å². The lowest BCUT2D eigenvalue weighted by molar-refractivity contribution is -0.147. The van der Waals surface area contributed by atoms with Gasteiger partial charge in [-0.25, -0.2) is 9.59 Å². The normalized spacial score (nSPS) is 21.5. The highest BCUT2D eigenvalue weighted by Gasteiger charge is 2.42. The number of carbonyl (C=O) groups is 2. The number of hydrogen-bond donors (Lipinski definition) is 1. The van der Waals surface area contributed by atoms with E-state index in [1.54, 1.807) is 0 Å². The maximum absolute atomic E-state index is 12.3. The monoisotopic (exact) mass is 393 g/mol. The van der Waals surface area contributed by atoms with Gasteiger partial charge >= 0.3 is 12.1 Å². The van der Waals surface area contributed by atoms with E-state index in [4.69, 9.17) is 13.9 Å². The number of nitrogens with one attached hydrogen (secondary N) is 1. The van der Waals surface area contributed by atoms with Crippen molar-refractivity contribution in [3.63, 3.8) is 0 Å². The molecule has 1 aliphatic heterocycles. The standard InChI is InChI=1S/C20H31NO5Si/c1-20(2,3)25-19(23)21-15(12-14-10-8-7-9-11-14)16-13-17(18(22)24-16)26-27(4,5)6/h7-11,15-17H,12-13H2,1-6H3,(H,21,23)/t15-,16-,17?/m1/s1. The Bertz CT molecular complexity index is 651. The molecule has 6 nitrogen and oxygen atoms in total.